The zero-order valence-corrected chi connectivity index (χ0v) is 12.3. The fourth-order valence-corrected chi connectivity index (χ4v) is 3.08. The molecule has 0 aliphatic heterocycles. The molecule has 0 bridgehead atoms. The molecule has 0 heterocycles. The van der Waals surface area contributed by atoms with Crippen LogP contribution in [0.4, 0.5) is 10.1 Å². The lowest BCUT2D eigenvalue weighted by Crippen LogP contribution is -2.16. The summed E-state index contributed by atoms with van der Waals surface area (Å²) in [6.07, 6.45) is 0. The number of anilines is 1. The lowest BCUT2D eigenvalue weighted by atomic mass is 10.2. The van der Waals surface area contributed by atoms with Crippen LogP contribution in [0.3, 0.4) is 0 Å². The Kier molecular flexibility index (Phi) is 4.59. The van der Waals surface area contributed by atoms with Gasteiger partial charge in [0.05, 0.1) is 18.0 Å². The first-order chi connectivity index (χ1) is 9.89. The van der Waals surface area contributed by atoms with E-state index in [1.54, 1.807) is 37.3 Å². The first kappa shape index (κ1) is 15.5. The summed E-state index contributed by atoms with van der Waals surface area (Å²) in [5.41, 5.74) is 1.98. The summed E-state index contributed by atoms with van der Waals surface area (Å²) in [6, 6.07) is 10.8. The second-order valence-corrected chi connectivity index (χ2v) is 6.54. The average Bonchev–Trinajstić information content (AvgIpc) is 2.43. The molecule has 0 aliphatic rings. The summed E-state index contributed by atoms with van der Waals surface area (Å²) in [5, 5.41) is 8.94. The van der Waals surface area contributed by atoms with Crippen LogP contribution < -0.4 is 4.72 Å². The Hall–Kier alpha value is -1.92. The van der Waals surface area contributed by atoms with E-state index in [1.165, 1.54) is 12.1 Å². The highest BCUT2D eigenvalue weighted by Gasteiger charge is 2.14. The van der Waals surface area contributed by atoms with E-state index in [0.29, 0.717) is 11.1 Å². The molecule has 0 radical (unpaired) electrons. The van der Waals surface area contributed by atoms with Crippen LogP contribution in [0.15, 0.2) is 42.5 Å². The van der Waals surface area contributed by atoms with E-state index in [-0.39, 0.29) is 18.0 Å². The van der Waals surface area contributed by atoms with Gasteiger partial charge < -0.3 is 5.11 Å². The number of hydrogen-bond donors (Lipinski definition) is 2. The van der Waals surface area contributed by atoms with Crippen LogP contribution in [0.1, 0.15) is 16.7 Å². The summed E-state index contributed by atoms with van der Waals surface area (Å²) in [6.45, 7) is 1.66. The van der Waals surface area contributed by atoms with Crippen molar-refractivity contribution in [2.75, 3.05) is 4.72 Å². The number of nitrogens with one attached hydrogen (secondary N) is 1. The van der Waals surface area contributed by atoms with Crippen molar-refractivity contribution in [3.8, 4) is 0 Å². The van der Waals surface area contributed by atoms with Gasteiger partial charge in [-0.1, -0.05) is 30.3 Å². The number of hydrogen-bond acceptors (Lipinski definition) is 3. The highest BCUT2D eigenvalue weighted by atomic mass is 32.2. The molecule has 2 aromatic rings. The van der Waals surface area contributed by atoms with Gasteiger partial charge in [0.25, 0.3) is 0 Å². The highest BCUT2D eigenvalue weighted by molar-refractivity contribution is 7.91. The molecule has 0 saturated heterocycles. The number of halogens is 1. The maximum atomic E-state index is 13.6. The normalized spacial score (nSPS) is 11.4. The van der Waals surface area contributed by atoms with Gasteiger partial charge in [0.1, 0.15) is 5.82 Å². The van der Waals surface area contributed by atoms with Gasteiger partial charge in [-0.2, -0.15) is 0 Å². The summed E-state index contributed by atoms with van der Waals surface area (Å²) >= 11 is 0. The second kappa shape index (κ2) is 6.24. The molecule has 0 fully saturated rings. The van der Waals surface area contributed by atoms with Crippen LogP contribution in [0.25, 0.3) is 0 Å². The second-order valence-electron chi connectivity index (χ2n) is 4.82. The van der Waals surface area contributed by atoms with E-state index in [0.717, 1.165) is 5.56 Å². The number of aliphatic hydroxyl groups is 1. The quantitative estimate of drug-likeness (QED) is 0.892. The highest BCUT2D eigenvalue weighted by Crippen LogP contribution is 2.18. The summed E-state index contributed by atoms with van der Waals surface area (Å²) in [4.78, 5) is 0. The van der Waals surface area contributed by atoms with Gasteiger partial charge in [0.15, 0.2) is 0 Å². The van der Waals surface area contributed by atoms with Crippen LogP contribution in [0, 0.1) is 12.7 Å². The van der Waals surface area contributed by atoms with Gasteiger partial charge in [0.2, 0.25) is 10.0 Å². The molecule has 0 spiro atoms. The molecule has 112 valence electrons. The van der Waals surface area contributed by atoms with Gasteiger partial charge in [-0.15, -0.1) is 0 Å². The average molecular weight is 309 g/mol. The van der Waals surface area contributed by atoms with Crippen molar-refractivity contribution in [3.63, 3.8) is 0 Å². The van der Waals surface area contributed by atoms with Gasteiger partial charge in [-0.05, 0) is 35.7 Å². The molecule has 2 aromatic carbocycles. The van der Waals surface area contributed by atoms with E-state index in [1.807, 2.05) is 0 Å². The minimum absolute atomic E-state index is 0.0537. The third-order valence-corrected chi connectivity index (χ3v) is 4.19. The molecular weight excluding hydrogens is 293 g/mol. The van der Waals surface area contributed by atoms with Crippen LogP contribution in [0.2, 0.25) is 0 Å². The van der Waals surface area contributed by atoms with Gasteiger partial charge in [-0.3, -0.25) is 4.72 Å². The van der Waals surface area contributed by atoms with Crippen LogP contribution >= 0.6 is 0 Å². The molecule has 0 atom stereocenters. The van der Waals surface area contributed by atoms with Crippen molar-refractivity contribution in [1.29, 1.82) is 0 Å². The first-order valence-corrected chi connectivity index (χ1v) is 8.00. The minimum Gasteiger partial charge on any atom is -0.392 e. The third kappa shape index (κ3) is 4.27. The van der Waals surface area contributed by atoms with Crippen molar-refractivity contribution in [3.05, 3.63) is 65.0 Å². The molecule has 21 heavy (non-hydrogen) atoms. The van der Waals surface area contributed by atoms with Crippen LogP contribution in [0.5, 0.6) is 0 Å². The molecule has 0 amide bonds. The molecule has 0 aromatic heterocycles. The van der Waals surface area contributed by atoms with Gasteiger partial charge in [0, 0.05) is 0 Å². The van der Waals surface area contributed by atoms with E-state index in [2.05, 4.69) is 4.72 Å². The van der Waals surface area contributed by atoms with Gasteiger partial charge in [-0.25, -0.2) is 12.8 Å². The van der Waals surface area contributed by atoms with Crippen molar-refractivity contribution < 1.29 is 17.9 Å². The lowest BCUT2D eigenvalue weighted by Gasteiger charge is -2.10. The smallest absolute Gasteiger partial charge is 0.237 e. The summed E-state index contributed by atoms with van der Waals surface area (Å²) < 4.78 is 40.0. The van der Waals surface area contributed by atoms with E-state index in [9.17, 15) is 12.8 Å². The van der Waals surface area contributed by atoms with E-state index in [4.69, 9.17) is 5.11 Å². The first-order valence-electron chi connectivity index (χ1n) is 6.35. The Morgan fingerprint density at radius 2 is 1.71 bits per heavy atom. The van der Waals surface area contributed by atoms with E-state index < -0.39 is 15.8 Å². The maximum Gasteiger partial charge on any atom is 0.237 e. The number of aliphatic hydroxyl groups excluding tert-OH is 1. The Labute approximate surface area is 123 Å². The van der Waals surface area contributed by atoms with Gasteiger partial charge >= 0.3 is 0 Å². The fraction of sp³-hybridized carbons (Fsp3) is 0.200. The zero-order chi connectivity index (χ0) is 15.5. The lowest BCUT2D eigenvalue weighted by molar-refractivity contribution is 0.282. The number of sulfonamides is 1. The Morgan fingerprint density at radius 3 is 2.33 bits per heavy atom. The number of benzene rings is 2. The van der Waals surface area contributed by atoms with Crippen molar-refractivity contribution in [1.82, 2.24) is 0 Å². The molecular formula is C15H16FNO3S. The predicted molar refractivity (Wildman–Crippen MR) is 79.7 cm³/mol. The minimum atomic E-state index is -3.70. The molecule has 2 rings (SSSR count). The Balaban J connectivity index is 2.16. The van der Waals surface area contributed by atoms with Crippen molar-refractivity contribution in [2.24, 2.45) is 0 Å². The standard InChI is InChI=1S/C15H16FNO3S/c1-11-2-7-14(16)15(8-11)17-21(19,20)10-13-5-3-12(9-18)4-6-13/h2-8,17-18H,9-10H2,1H3. The molecule has 6 heteroatoms. The third-order valence-electron chi connectivity index (χ3n) is 2.95. The molecule has 4 nitrogen and oxygen atoms in total. The number of aryl methyl sites for hydroxylation is 1. The van der Waals surface area contributed by atoms with Crippen molar-refractivity contribution in [2.45, 2.75) is 19.3 Å². The SMILES string of the molecule is Cc1ccc(F)c(NS(=O)(=O)Cc2ccc(CO)cc2)c1. The molecule has 0 saturated carbocycles. The van der Waals surface area contributed by atoms with Crippen LogP contribution in [-0.4, -0.2) is 13.5 Å². The molecule has 2 N–H and O–H groups in total. The largest absolute Gasteiger partial charge is 0.392 e. The van der Waals surface area contributed by atoms with Crippen molar-refractivity contribution >= 4 is 15.7 Å². The summed E-state index contributed by atoms with van der Waals surface area (Å²) in [5.74, 6) is -0.869. The fourth-order valence-electron chi connectivity index (χ4n) is 1.88. The monoisotopic (exact) mass is 309 g/mol. The molecule has 0 unspecified atom stereocenters. The molecule has 0 aliphatic carbocycles. The topological polar surface area (TPSA) is 66.4 Å². The van der Waals surface area contributed by atoms with Crippen LogP contribution in [-0.2, 0) is 22.4 Å². The predicted octanol–water partition coefficient (Wildman–Crippen LogP) is 2.57. The Bertz CT molecular complexity index is 727. The zero-order valence-electron chi connectivity index (χ0n) is 11.5. The summed E-state index contributed by atoms with van der Waals surface area (Å²) in [7, 11) is -3.70. The maximum absolute atomic E-state index is 13.6. The Morgan fingerprint density at radius 1 is 1.10 bits per heavy atom. The van der Waals surface area contributed by atoms with E-state index >= 15 is 0 Å². The number of rotatable bonds is 5.